The summed E-state index contributed by atoms with van der Waals surface area (Å²) in [6, 6.07) is 5.28. The van der Waals surface area contributed by atoms with Crippen molar-refractivity contribution in [1.82, 2.24) is 0 Å². The first-order valence-corrected chi connectivity index (χ1v) is 8.64. The van der Waals surface area contributed by atoms with Crippen LogP contribution in [-0.2, 0) is 9.47 Å². The van der Waals surface area contributed by atoms with Gasteiger partial charge in [-0.3, -0.25) is 0 Å². The molecule has 25 heavy (non-hydrogen) atoms. The maximum atomic E-state index is 12.4. The molecule has 0 aliphatic carbocycles. The summed E-state index contributed by atoms with van der Waals surface area (Å²) >= 11 is 0. The first-order valence-electron chi connectivity index (χ1n) is 8.64. The SMILES string of the molecule is CCCCOc1c(OC)cccc1C(=O)OCC[NH+]1CCOCC1.[Cl-]. The highest BCUT2D eigenvalue weighted by Gasteiger charge is 2.20. The molecule has 0 aromatic heterocycles. The molecular weight excluding hydrogens is 346 g/mol. The number of para-hydroxylation sites is 1. The van der Waals surface area contributed by atoms with Gasteiger partial charge in [0.2, 0.25) is 0 Å². The lowest BCUT2D eigenvalue weighted by molar-refractivity contribution is -0.908. The van der Waals surface area contributed by atoms with E-state index in [9.17, 15) is 4.79 Å². The number of nitrogens with one attached hydrogen (secondary N) is 1. The van der Waals surface area contributed by atoms with Gasteiger partial charge in [0.1, 0.15) is 31.8 Å². The number of methoxy groups -OCH3 is 1. The highest BCUT2D eigenvalue weighted by molar-refractivity contribution is 5.93. The maximum absolute atomic E-state index is 12.4. The van der Waals surface area contributed by atoms with Crippen molar-refractivity contribution in [3.05, 3.63) is 23.8 Å². The van der Waals surface area contributed by atoms with Crippen LogP contribution in [0.2, 0.25) is 0 Å². The topological polar surface area (TPSA) is 58.4 Å². The largest absolute Gasteiger partial charge is 1.00 e. The molecule has 0 atom stereocenters. The molecular formula is C18H28ClNO5. The number of quaternary nitrogens is 1. The maximum Gasteiger partial charge on any atom is 0.342 e. The third kappa shape index (κ3) is 6.72. The first-order chi connectivity index (χ1) is 11.8. The molecule has 0 saturated carbocycles. The van der Waals surface area contributed by atoms with Gasteiger partial charge in [-0.05, 0) is 18.6 Å². The molecule has 6 nitrogen and oxygen atoms in total. The van der Waals surface area contributed by atoms with Crippen molar-refractivity contribution in [3.8, 4) is 11.5 Å². The molecule has 7 heteroatoms. The number of carbonyl (C=O) groups is 1. The number of hydrogen-bond acceptors (Lipinski definition) is 5. The number of hydrogen-bond donors (Lipinski definition) is 1. The molecule has 0 bridgehead atoms. The van der Waals surface area contributed by atoms with E-state index in [0.29, 0.717) is 30.3 Å². The van der Waals surface area contributed by atoms with Crippen molar-refractivity contribution in [2.45, 2.75) is 19.8 Å². The van der Waals surface area contributed by atoms with E-state index in [2.05, 4.69) is 6.92 Å². The van der Waals surface area contributed by atoms with Crippen LogP contribution < -0.4 is 26.8 Å². The van der Waals surface area contributed by atoms with Gasteiger partial charge in [-0.25, -0.2) is 4.79 Å². The van der Waals surface area contributed by atoms with Gasteiger partial charge < -0.3 is 36.3 Å². The van der Waals surface area contributed by atoms with Gasteiger partial charge >= 0.3 is 5.97 Å². The van der Waals surface area contributed by atoms with Crippen LogP contribution in [0.4, 0.5) is 0 Å². The van der Waals surface area contributed by atoms with Crippen LogP contribution in [0.5, 0.6) is 11.5 Å². The average Bonchev–Trinajstić information content (AvgIpc) is 2.62. The second-order valence-electron chi connectivity index (χ2n) is 5.79. The highest BCUT2D eigenvalue weighted by atomic mass is 35.5. The molecule has 1 N–H and O–H groups in total. The lowest BCUT2D eigenvalue weighted by Gasteiger charge is -2.23. The number of ether oxygens (including phenoxy) is 4. The minimum atomic E-state index is -0.368. The minimum absolute atomic E-state index is 0. The number of esters is 1. The average molecular weight is 374 g/mol. The van der Waals surface area contributed by atoms with E-state index in [1.165, 1.54) is 4.90 Å². The van der Waals surface area contributed by atoms with E-state index in [1.807, 2.05) is 0 Å². The summed E-state index contributed by atoms with van der Waals surface area (Å²) in [7, 11) is 1.57. The second kappa shape index (κ2) is 12.0. The van der Waals surface area contributed by atoms with Gasteiger partial charge in [0, 0.05) is 0 Å². The zero-order valence-electron chi connectivity index (χ0n) is 15.0. The Morgan fingerprint density at radius 3 is 2.68 bits per heavy atom. The van der Waals surface area contributed by atoms with E-state index in [-0.39, 0.29) is 18.4 Å². The Morgan fingerprint density at radius 2 is 2.00 bits per heavy atom. The Morgan fingerprint density at radius 1 is 1.24 bits per heavy atom. The van der Waals surface area contributed by atoms with Crippen LogP contribution in [0.3, 0.4) is 0 Å². The lowest BCUT2D eigenvalue weighted by Crippen LogP contribution is -3.14. The van der Waals surface area contributed by atoms with Crippen LogP contribution >= 0.6 is 0 Å². The number of rotatable bonds is 9. The van der Waals surface area contributed by atoms with Crippen LogP contribution in [0, 0.1) is 0 Å². The molecule has 142 valence electrons. The van der Waals surface area contributed by atoms with E-state index in [1.54, 1.807) is 25.3 Å². The van der Waals surface area contributed by atoms with E-state index >= 15 is 0 Å². The Labute approximate surface area is 155 Å². The predicted octanol–water partition coefficient (Wildman–Crippen LogP) is -2.05. The van der Waals surface area contributed by atoms with E-state index < -0.39 is 0 Å². The van der Waals surface area contributed by atoms with Gasteiger partial charge in [0.05, 0.1) is 26.9 Å². The standard InChI is InChI=1S/C18H27NO5.ClH/c1-3-4-11-23-17-15(6-5-7-16(17)21-2)18(20)24-14-10-19-8-12-22-13-9-19;/h5-7H,3-4,8-14H2,1-2H3;1H. The molecule has 0 radical (unpaired) electrons. The lowest BCUT2D eigenvalue weighted by atomic mass is 10.2. The van der Waals surface area contributed by atoms with Crippen molar-refractivity contribution in [2.75, 3.05) is 53.2 Å². The van der Waals surface area contributed by atoms with Crippen molar-refractivity contribution in [2.24, 2.45) is 0 Å². The highest BCUT2D eigenvalue weighted by Crippen LogP contribution is 2.31. The molecule has 1 fully saturated rings. The van der Waals surface area contributed by atoms with Gasteiger partial charge in [-0.2, -0.15) is 0 Å². The normalized spacial score (nSPS) is 14.5. The monoisotopic (exact) mass is 373 g/mol. The molecule has 0 spiro atoms. The van der Waals surface area contributed by atoms with E-state index in [4.69, 9.17) is 18.9 Å². The van der Waals surface area contributed by atoms with Crippen LogP contribution in [0.25, 0.3) is 0 Å². The van der Waals surface area contributed by atoms with Gasteiger partial charge in [0.25, 0.3) is 0 Å². The third-order valence-electron chi connectivity index (χ3n) is 4.05. The van der Waals surface area contributed by atoms with Crippen LogP contribution in [-0.4, -0.2) is 59.1 Å². The minimum Gasteiger partial charge on any atom is -1.00 e. The molecule has 2 rings (SSSR count). The number of unbranched alkanes of at least 4 members (excludes halogenated alkanes) is 1. The number of benzene rings is 1. The fraction of sp³-hybridized carbons (Fsp3) is 0.611. The Hall–Kier alpha value is -1.50. The van der Waals surface area contributed by atoms with Crippen LogP contribution in [0.15, 0.2) is 18.2 Å². The summed E-state index contributed by atoms with van der Waals surface area (Å²) < 4.78 is 21.9. The van der Waals surface area contributed by atoms with Crippen LogP contribution in [0.1, 0.15) is 30.1 Å². The first kappa shape index (κ1) is 21.5. The molecule has 1 heterocycles. The molecule has 0 unspecified atom stereocenters. The van der Waals surface area contributed by atoms with E-state index in [0.717, 1.165) is 45.7 Å². The van der Waals surface area contributed by atoms with Crippen molar-refractivity contribution in [1.29, 1.82) is 0 Å². The molecule has 1 aromatic rings. The molecule has 1 saturated heterocycles. The Balaban J connectivity index is 0.00000312. The van der Waals surface area contributed by atoms with Crippen molar-refractivity contribution >= 4 is 5.97 Å². The molecule has 1 aliphatic heterocycles. The number of morpholine rings is 1. The Bertz CT molecular complexity index is 520. The molecule has 1 aromatic carbocycles. The smallest absolute Gasteiger partial charge is 0.342 e. The van der Waals surface area contributed by atoms with Gasteiger partial charge in [-0.15, -0.1) is 0 Å². The summed E-state index contributed by atoms with van der Waals surface area (Å²) in [4.78, 5) is 13.8. The predicted molar refractivity (Wildman–Crippen MR) is 90.1 cm³/mol. The fourth-order valence-electron chi connectivity index (χ4n) is 2.58. The fourth-order valence-corrected chi connectivity index (χ4v) is 2.58. The second-order valence-corrected chi connectivity index (χ2v) is 5.79. The van der Waals surface area contributed by atoms with Crippen molar-refractivity contribution in [3.63, 3.8) is 0 Å². The number of halogens is 1. The summed E-state index contributed by atoms with van der Waals surface area (Å²) in [6.07, 6.45) is 1.95. The zero-order valence-corrected chi connectivity index (χ0v) is 15.8. The van der Waals surface area contributed by atoms with Gasteiger partial charge in [-0.1, -0.05) is 19.4 Å². The molecule has 0 amide bonds. The van der Waals surface area contributed by atoms with Crippen molar-refractivity contribution < 1.29 is 41.0 Å². The third-order valence-corrected chi connectivity index (χ3v) is 4.05. The Kier molecular flexibility index (Phi) is 10.3. The van der Waals surface area contributed by atoms with Gasteiger partial charge in [0.15, 0.2) is 11.5 Å². The summed E-state index contributed by atoms with van der Waals surface area (Å²) in [5.74, 6) is 0.657. The zero-order chi connectivity index (χ0) is 17.2. The summed E-state index contributed by atoms with van der Waals surface area (Å²) in [5.41, 5.74) is 0.419. The summed E-state index contributed by atoms with van der Waals surface area (Å²) in [5, 5.41) is 0. The molecule has 1 aliphatic rings. The quantitative estimate of drug-likeness (QED) is 0.399. The number of carbonyl (C=O) groups excluding carboxylic acids is 1. The summed E-state index contributed by atoms with van der Waals surface area (Å²) in [6.45, 7) is 7.29.